The lowest BCUT2D eigenvalue weighted by Crippen LogP contribution is -2.41. The molecule has 0 bridgehead atoms. The van der Waals surface area contributed by atoms with Gasteiger partial charge in [-0.05, 0) is 30.5 Å². The minimum atomic E-state index is -0.834. The van der Waals surface area contributed by atoms with Gasteiger partial charge in [0, 0.05) is 32.9 Å². The molecule has 1 aliphatic rings. The molecule has 2 rings (SSSR count). The van der Waals surface area contributed by atoms with Crippen LogP contribution < -0.4 is 4.90 Å². The summed E-state index contributed by atoms with van der Waals surface area (Å²) in [6, 6.07) is 6.99. The fraction of sp³-hybridized carbons (Fsp3) is 0.533. The molecule has 0 spiro atoms. The number of aliphatic hydroxyl groups excluding tert-OH is 1. The largest absolute Gasteiger partial charge is 0.480 e. The molecule has 5 heteroatoms. The van der Waals surface area contributed by atoms with Crippen molar-refractivity contribution in [2.75, 3.05) is 32.1 Å². The van der Waals surface area contributed by atoms with Crippen LogP contribution in [-0.2, 0) is 4.79 Å². The Morgan fingerprint density at radius 2 is 1.80 bits per heavy atom. The number of carboxylic acid groups (broad SMARTS) is 1. The molecule has 1 saturated heterocycles. The molecule has 20 heavy (non-hydrogen) atoms. The molecule has 0 radical (unpaired) electrons. The van der Waals surface area contributed by atoms with Crippen molar-refractivity contribution in [2.24, 2.45) is 0 Å². The Hall–Kier alpha value is -1.59. The Morgan fingerprint density at radius 3 is 2.25 bits per heavy atom. The van der Waals surface area contributed by atoms with Gasteiger partial charge in [-0.1, -0.05) is 12.1 Å². The highest BCUT2D eigenvalue weighted by molar-refractivity contribution is 5.75. The molecule has 1 aromatic carbocycles. The van der Waals surface area contributed by atoms with Gasteiger partial charge in [0.2, 0.25) is 0 Å². The van der Waals surface area contributed by atoms with Crippen LogP contribution in [-0.4, -0.2) is 54.4 Å². The monoisotopic (exact) mass is 278 g/mol. The van der Waals surface area contributed by atoms with E-state index < -0.39 is 12.0 Å². The Kier molecular flexibility index (Phi) is 4.62. The van der Waals surface area contributed by atoms with Gasteiger partial charge in [0.1, 0.15) is 6.04 Å². The van der Waals surface area contributed by atoms with E-state index in [0.717, 1.165) is 11.3 Å². The number of rotatable bonds is 4. The van der Waals surface area contributed by atoms with Gasteiger partial charge in [-0.25, -0.2) is 0 Å². The lowest BCUT2D eigenvalue weighted by molar-refractivity contribution is -0.144. The van der Waals surface area contributed by atoms with Crippen molar-refractivity contribution in [1.29, 1.82) is 0 Å². The Balaban J connectivity index is 2.18. The SMILES string of the molecule is CN(C)c1ccc(C(C(=O)O)N2CCC(O)CC2)cc1. The molecule has 1 unspecified atom stereocenters. The highest BCUT2D eigenvalue weighted by Crippen LogP contribution is 2.26. The maximum Gasteiger partial charge on any atom is 0.325 e. The number of carbonyl (C=O) groups is 1. The topological polar surface area (TPSA) is 64.0 Å². The van der Waals surface area contributed by atoms with Crippen LogP contribution in [0.1, 0.15) is 24.4 Å². The van der Waals surface area contributed by atoms with E-state index >= 15 is 0 Å². The van der Waals surface area contributed by atoms with Crippen LogP contribution in [0.3, 0.4) is 0 Å². The average molecular weight is 278 g/mol. The number of carboxylic acids is 1. The summed E-state index contributed by atoms with van der Waals surface area (Å²) in [5, 5.41) is 19.0. The van der Waals surface area contributed by atoms with Gasteiger partial charge in [0.15, 0.2) is 0 Å². The molecule has 110 valence electrons. The van der Waals surface area contributed by atoms with Crippen molar-refractivity contribution < 1.29 is 15.0 Å². The standard InChI is InChI=1S/C15H22N2O3/c1-16(2)12-5-3-11(4-6-12)14(15(19)20)17-9-7-13(18)8-10-17/h3-6,13-14,18H,7-10H2,1-2H3,(H,19,20). The van der Waals surface area contributed by atoms with E-state index in [9.17, 15) is 15.0 Å². The Morgan fingerprint density at radius 1 is 1.25 bits per heavy atom. The summed E-state index contributed by atoms with van der Waals surface area (Å²) in [6.07, 6.45) is 0.982. The third-order valence-electron chi connectivity index (χ3n) is 3.82. The number of hydrogen-bond donors (Lipinski definition) is 2. The zero-order chi connectivity index (χ0) is 14.7. The van der Waals surface area contributed by atoms with Gasteiger partial charge < -0.3 is 15.1 Å². The predicted molar refractivity (Wildman–Crippen MR) is 78.0 cm³/mol. The maximum absolute atomic E-state index is 11.6. The smallest absolute Gasteiger partial charge is 0.325 e. The molecule has 1 fully saturated rings. The van der Waals surface area contributed by atoms with Crippen molar-refractivity contribution in [3.05, 3.63) is 29.8 Å². The van der Waals surface area contributed by atoms with Crippen molar-refractivity contribution in [2.45, 2.75) is 25.0 Å². The fourth-order valence-corrected chi connectivity index (χ4v) is 2.61. The third-order valence-corrected chi connectivity index (χ3v) is 3.82. The number of aliphatic hydroxyl groups is 1. The lowest BCUT2D eigenvalue weighted by atomic mass is 10.0. The van der Waals surface area contributed by atoms with Gasteiger partial charge in [-0.2, -0.15) is 0 Å². The second kappa shape index (κ2) is 6.24. The first-order valence-electron chi connectivity index (χ1n) is 6.91. The number of nitrogens with zero attached hydrogens (tertiary/aromatic N) is 2. The summed E-state index contributed by atoms with van der Waals surface area (Å²) in [4.78, 5) is 15.5. The van der Waals surface area contributed by atoms with Crippen LogP contribution in [0.2, 0.25) is 0 Å². The van der Waals surface area contributed by atoms with Crippen LogP contribution in [0.25, 0.3) is 0 Å². The molecule has 0 amide bonds. The first-order valence-corrected chi connectivity index (χ1v) is 6.91. The molecular formula is C15H22N2O3. The maximum atomic E-state index is 11.6. The van der Waals surface area contributed by atoms with Gasteiger partial charge in [0.25, 0.3) is 0 Å². The van der Waals surface area contributed by atoms with Crippen LogP contribution in [0, 0.1) is 0 Å². The van der Waals surface area contributed by atoms with Gasteiger partial charge in [-0.3, -0.25) is 9.69 Å². The quantitative estimate of drug-likeness (QED) is 0.870. The number of likely N-dealkylation sites (tertiary alicyclic amines) is 1. The van der Waals surface area contributed by atoms with E-state index in [-0.39, 0.29) is 6.10 Å². The van der Waals surface area contributed by atoms with E-state index in [1.807, 2.05) is 48.2 Å². The number of anilines is 1. The van der Waals surface area contributed by atoms with Crippen molar-refractivity contribution >= 4 is 11.7 Å². The van der Waals surface area contributed by atoms with Gasteiger partial charge >= 0.3 is 5.97 Å². The van der Waals surface area contributed by atoms with Gasteiger partial charge in [-0.15, -0.1) is 0 Å². The molecule has 0 aliphatic carbocycles. The number of aliphatic carboxylic acids is 1. The molecule has 2 N–H and O–H groups in total. The number of piperidine rings is 1. The fourth-order valence-electron chi connectivity index (χ4n) is 2.61. The molecule has 0 saturated carbocycles. The second-order valence-corrected chi connectivity index (χ2v) is 5.49. The predicted octanol–water partition coefficient (Wildman–Crippen LogP) is 1.33. The summed E-state index contributed by atoms with van der Waals surface area (Å²) in [6.45, 7) is 1.24. The second-order valence-electron chi connectivity index (χ2n) is 5.49. The summed E-state index contributed by atoms with van der Waals surface area (Å²) in [5.74, 6) is -0.834. The highest BCUT2D eigenvalue weighted by atomic mass is 16.4. The molecular weight excluding hydrogens is 256 g/mol. The van der Waals surface area contributed by atoms with Crippen LogP contribution in [0.4, 0.5) is 5.69 Å². The summed E-state index contributed by atoms with van der Waals surface area (Å²) >= 11 is 0. The third kappa shape index (κ3) is 3.29. The summed E-state index contributed by atoms with van der Waals surface area (Å²) in [5.41, 5.74) is 1.84. The first kappa shape index (κ1) is 14.8. The van der Waals surface area contributed by atoms with E-state index in [1.165, 1.54) is 0 Å². The molecule has 0 aromatic heterocycles. The Labute approximate surface area is 119 Å². The molecule has 1 atom stereocenters. The molecule has 1 aliphatic heterocycles. The first-order chi connectivity index (χ1) is 9.49. The number of benzene rings is 1. The number of hydrogen-bond acceptors (Lipinski definition) is 4. The van der Waals surface area contributed by atoms with Crippen LogP contribution >= 0.6 is 0 Å². The normalized spacial score (nSPS) is 18.8. The minimum absolute atomic E-state index is 0.295. The van der Waals surface area contributed by atoms with E-state index in [1.54, 1.807) is 0 Å². The summed E-state index contributed by atoms with van der Waals surface area (Å²) in [7, 11) is 3.91. The van der Waals surface area contributed by atoms with Crippen LogP contribution in [0.15, 0.2) is 24.3 Å². The van der Waals surface area contributed by atoms with Crippen molar-refractivity contribution in [3.8, 4) is 0 Å². The van der Waals surface area contributed by atoms with E-state index in [4.69, 9.17) is 0 Å². The zero-order valence-corrected chi connectivity index (χ0v) is 12.0. The zero-order valence-electron chi connectivity index (χ0n) is 12.0. The van der Waals surface area contributed by atoms with Gasteiger partial charge in [0.05, 0.1) is 6.10 Å². The minimum Gasteiger partial charge on any atom is -0.480 e. The van der Waals surface area contributed by atoms with E-state index in [2.05, 4.69) is 0 Å². The average Bonchev–Trinajstić information content (AvgIpc) is 2.41. The molecule has 1 aromatic rings. The Bertz CT molecular complexity index is 451. The lowest BCUT2D eigenvalue weighted by Gasteiger charge is -2.34. The highest BCUT2D eigenvalue weighted by Gasteiger charge is 2.30. The van der Waals surface area contributed by atoms with E-state index in [0.29, 0.717) is 25.9 Å². The summed E-state index contributed by atoms with van der Waals surface area (Å²) < 4.78 is 0. The van der Waals surface area contributed by atoms with Crippen LogP contribution in [0.5, 0.6) is 0 Å². The van der Waals surface area contributed by atoms with Crippen molar-refractivity contribution in [3.63, 3.8) is 0 Å². The molecule has 1 heterocycles. The molecule has 5 nitrogen and oxygen atoms in total. The van der Waals surface area contributed by atoms with Crippen molar-refractivity contribution in [1.82, 2.24) is 4.90 Å².